The van der Waals surface area contributed by atoms with Gasteiger partial charge in [-0.25, -0.2) is 0 Å². The Balaban J connectivity index is 4.11. The molecule has 0 aliphatic carbocycles. The zero-order valence-corrected chi connectivity index (χ0v) is 7.41. The van der Waals surface area contributed by atoms with Gasteiger partial charge in [0.25, 0.3) is 0 Å². The molecule has 0 N–H and O–H groups in total. The van der Waals surface area contributed by atoms with E-state index in [4.69, 9.17) is 0 Å². The summed E-state index contributed by atoms with van der Waals surface area (Å²) in [7, 11) is 1.56. The number of hydrogen-bond donors (Lipinski definition) is 0. The Labute approximate surface area is 72.4 Å². The van der Waals surface area contributed by atoms with Crippen molar-refractivity contribution in [2.24, 2.45) is 4.99 Å². The van der Waals surface area contributed by atoms with E-state index in [0.29, 0.717) is 12.3 Å². The van der Waals surface area contributed by atoms with Crippen molar-refractivity contribution in [1.29, 1.82) is 0 Å². The molecule has 3 nitrogen and oxygen atoms in total. The largest absolute Gasteiger partial charge is 0.363 e. The van der Waals surface area contributed by atoms with E-state index >= 15 is 0 Å². The number of carbonyl (C=O) groups excluding carboxylic acids is 1. The molecule has 0 unspecified atom stereocenters. The number of ether oxygens (including phenoxy) is 1. The lowest BCUT2D eigenvalue weighted by Gasteiger charge is -1.90. The minimum atomic E-state index is -0.0196. The SMILES string of the molecule is C=C/C(=C\C=NCOC)C(C)=O. The van der Waals surface area contributed by atoms with E-state index in [-0.39, 0.29) is 5.78 Å². The predicted octanol–water partition coefficient (Wildman–Crippen LogP) is 1.36. The van der Waals surface area contributed by atoms with Gasteiger partial charge in [0.15, 0.2) is 5.78 Å². The van der Waals surface area contributed by atoms with Gasteiger partial charge >= 0.3 is 0 Å². The van der Waals surface area contributed by atoms with Crippen LogP contribution in [0.2, 0.25) is 0 Å². The molecule has 66 valence electrons. The summed E-state index contributed by atoms with van der Waals surface area (Å²) in [5, 5.41) is 0. The third-order valence-corrected chi connectivity index (χ3v) is 1.19. The second kappa shape index (κ2) is 6.49. The van der Waals surface area contributed by atoms with Gasteiger partial charge in [0.05, 0.1) is 0 Å². The minimum Gasteiger partial charge on any atom is -0.363 e. The van der Waals surface area contributed by atoms with Crippen molar-refractivity contribution in [1.82, 2.24) is 0 Å². The summed E-state index contributed by atoms with van der Waals surface area (Å²) in [4.78, 5) is 14.6. The Morgan fingerprint density at radius 3 is 2.75 bits per heavy atom. The molecule has 0 fully saturated rings. The number of carbonyl (C=O) groups is 1. The van der Waals surface area contributed by atoms with Crippen molar-refractivity contribution in [3.05, 3.63) is 24.3 Å². The first-order chi connectivity index (χ1) is 5.72. The van der Waals surface area contributed by atoms with Crippen LogP contribution in [-0.2, 0) is 9.53 Å². The summed E-state index contributed by atoms with van der Waals surface area (Å²) in [6, 6.07) is 0. The lowest BCUT2D eigenvalue weighted by atomic mass is 10.2. The maximum Gasteiger partial charge on any atom is 0.159 e. The molecule has 3 heteroatoms. The van der Waals surface area contributed by atoms with Crippen molar-refractivity contribution >= 4 is 12.0 Å². The first-order valence-corrected chi connectivity index (χ1v) is 3.54. The van der Waals surface area contributed by atoms with Crippen molar-refractivity contribution < 1.29 is 9.53 Å². The van der Waals surface area contributed by atoms with Gasteiger partial charge in [-0.15, -0.1) is 0 Å². The van der Waals surface area contributed by atoms with Gasteiger partial charge < -0.3 is 4.74 Å². The standard InChI is InChI=1S/C9H13NO2/c1-4-9(8(2)11)5-6-10-7-12-3/h4-6H,1,7H2,2-3H3/b9-5+,10-6?. The third-order valence-electron chi connectivity index (χ3n) is 1.19. The maximum absolute atomic E-state index is 10.8. The molecule has 0 aromatic carbocycles. The third kappa shape index (κ3) is 4.57. The van der Waals surface area contributed by atoms with Crippen LogP contribution < -0.4 is 0 Å². The van der Waals surface area contributed by atoms with Gasteiger partial charge in [-0.2, -0.15) is 0 Å². The van der Waals surface area contributed by atoms with Gasteiger partial charge in [0.2, 0.25) is 0 Å². The second-order valence-electron chi connectivity index (χ2n) is 2.13. The van der Waals surface area contributed by atoms with E-state index in [9.17, 15) is 4.79 Å². The highest BCUT2D eigenvalue weighted by molar-refractivity contribution is 5.99. The molecule has 0 saturated carbocycles. The maximum atomic E-state index is 10.8. The fourth-order valence-electron chi connectivity index (χ4n) is 0.580. The first-order valence-electron chi connectivity index (χ1n) is 3.54. The van der Waals surface area contributed by atoms with E-state index in [0.717, 1.165) is 0 Å². The van der Waals surface area contributed by atoms with Gasteiger partial charge in [0.1, 0.15) is 6.73 Å². The fourth-order valence-corrected chi connectivity index (χ4v) is 0.580. The summed E-state index contributed by atoms with van der Waals surface area (Å²) >= 11 is 0. The zero-order chi connectivity index (χ0) is 9.40. The molecule has 0 aromatic rings. The van der Waals surface area contributed by atoms with Crippen LogP contribution in [0, 0.1) is 0 Å². The van der Waals surface area contributed by atoms with Crippen LogP contribution in [0.25, 0.3) is 0 Å². The van der Waals surface area contributed by atoms with E-state index < -0.39 is 0 Å². The number of Topliss-reactive ketones (excluding diaryl/α,β-unsaturated/α-hetero) is 1. The first kappa shape index (κ1) is 10.8. The average molecular weight is 167 g/mol. The second-order valence-corrected chi connectivity index (χ2v) is 2.13. The monoisotopic (exact) mass is 167 g/mol. The molecule has 0 saturated heterocycles. The molecule has 0 atom stereocenters. The van der Waals surface area contributed by atoms with Crippen molar-refractivity contribution in [2.45, 2.75) is 6.92 Å². The number of ketones is 1. The summed E-state index contributed by atoms with van der Waals surface area (Å²) in [5.41, 5.74) is 0.551. The summed E-state index contributed by atoms with van der Waals surface area (Å²) in [6.45, 7) is 5.29. The highest BCUT2D eigenvalue weighted by atomic mass is 16.5. The van der Waals surface area contributed by atoms with Crippen molar-refractivity contribution in [3.63, 3.8) is 0 Å². The van der Waals surface area contributed by atoms with E-state index in [1.54, 1.807) is 13.2 Å². The van der Waals surface area contributed by atoms with Crippen LogP contribution in [-0.4, -0.2) is 25.8 Å². The van der Waals surface area contributed by atoms with Crippen LogP contribution in [0.4, 0.5) is 0 Å². The Morgan fingerprint density at radius 2 is 2.33 bits per heavy atom. The molecular weight excluding hydrogens is 154 g/mol. The van der Waals surface area contributed by atoms with Crippen LogP contribution >= 0.6 is 0 Å². The molecule has 0 spiro atoms. The van der Waals surface area contributed by atoms with Gasteiger partial charge in [-0.3, -0.25) is 9.79 Å². The van der Waals surface area contributed by atoms with Crippen LogP contribution in [0.3, 0.4) is 0 Å². The van der Waals surface area contributed by atoms with Gasteiger partial charge in [-0.05, 0) is 13.0 Å². The van der Waals surface area contributed by atoms with Crippen LogP contribution in [0.1, 0.15) is 6.92 Å². The number of hydrogen-bond acceptors (Lipinski definition) is 3. The van der Waals surface area contributed by atoms with Gasteiger partial charge in [-0.1, -0.05) is 12.7 Å². The quantitative estimate of drug-likeness (QED) is 0.352. The lowest BCUT2D eigenvalue weighted by Crippen LogP contribution is -1.93. The van der Waals surface area contributed by atoms with Crippen LogP contribution in [0.5, 0.6) is 0 Å². The predicted molar refractivity (Wildman–Crippen MR) is 49.3 cm³/mol. The molecule has 0 bridgehead atoms. The number of rotatable bonds is 5. The fraction of sp³-hybridized carbons (Fsp3) is 0.333. The molecule has 0 amide bonds. The molecule has 0 radical (unpaired) electrons. The van der Waals surface area contributed by atoms with Crippen LogP contribution in [0.15, 0.2) is 29.3 Å². The van der Waals surface area contributed by atoms with E-state index in [1.165, 1.54) is 19.2 Å². The molecule has 0 heterocycles. The number of methoxy groups -OCH3 is 1. The normalized spacial score (nSPS) is 12.0. The molecule has 0 aliphatic rings. The molecule has 12 heavy (non-hydrogen) atoms. The summed E-state index contributed by atoms with van der Waals surface area (Å²) < 4.78 is 4.68. The number of aliphatic imine (C=N–C) groups is 1. The Kier molecular flexibility index (Phi) is 5.83. The molecular formula is C9H13NO2. The van der Waals surface area contributed by atoms with Gasteiger partial charge in [0, 0.05) is 18.9 Å². The van der Waals surface area contributed by atoms with Crippen molar-refractivity contribution in [3.8, 4) is 0 Å². The highest BCUT2D eigenvalue weighted by Gasteiger charge is 1.94. The van der Waals surface area contributed by atoms with E-state index in [1.807, 2.05) is 0 Å². The minimum absolute atomic E-state index is 0.0196. The van der Waals surface area contributed by atoms with E-state index in [2.05, 4.69) is 16.3 Å². The topological polar surface area (TPSA) is 38.7 Å². The summed E-state index contributed by atoms with van der Waals surface area (Å²) in [5.74, 6) is -0.0196. The number of allylic oxidation sites excluding steroid dienone is 3. The Hall–Kier alpha value is -1.22. The molecule has 0 aromatic heterocycles. The Bertz CT molecular complexity index is 217. The zero-order valence-electron chi connectivity index (χ0n) is 7.41. The smallest absolute Gasteiger partial charge is 0.159 e. The average Bonchev–Trinajstić information content (AvgIpc) is 2.04. The molecule has 0 rings (SSSR count). The number of nitrogens with zero attached hydrogens (tertiary/aromatic N) is 1. The van der Waals surface area contributed by atoms with Crippen molar-refractivity contribution in [2.75, 3.05) is 13.8 Å². The lowest BCUT2D eigenvalue weighted by molar-refractivity contribution is -0.113. The molecule has 0 aliphatic heterocycles. The highest BCUT2D eigenvalue weighted by Crippen LogP contribution is 1.94. The Morgan fingerprint density at radius 1 is 1.67 bits per heavy atom. The summed E-state index contributed by atoms with van der Waals surface area (Å²) in [6.07, 6.45) is 4.64.